The Balaban J connectivity index is 1.63. The number of carbonyl (C=O) groups excluding carboxylic acids is 2. The number of nitrogens with zero attached hydrogens (tertiary/aromatic N) is 1. The molecule has 1 heterocycles. The first-order valence-corrected chi connectivity index (χ1v) is 11.0. The summed E-state index contributed by atoms with van der Waals surface area (Å²) in [7, 11) is 4.76. The van der Waals surface area contributed by atoms with Crippen LogP contribution < -0.4 is 19.5 Å². The molecule has 2 amide bonds. The zero-order valence-electron chi connectivity index (χ0n) is 18.8. The van der Waals surface area contributed by atoms with Gasteiger partial charge in [-0.2, -0.15) is 0 Å². The van der Waals surface area contributed by atoms with Crippen molar-refractivity contribution in [1.29, 1.82) is 0 Å². The van der Waals surface area contributed by atoms with Gasteiger partial charge in [-0.3, -0.25) is 9.59 Å². The number of rotatable bonds is 8. The van der Waals surface area contributed by atoms with Crippen molar-refractivity contribution in [3.63, 3.8) is 0 Å². The molecule has 0 radical (unpaired) electrons. The minimum Gasteiger partial charge on any atom is -0.497 e. The molecule has 0 spiro atoms. The van der Waals surface area contributed by atoms with E-state index in [2.05, 4.69) is 5.32 Å². The number of likely N-dealkylation sites (tertiary alicyclic amines) is 1. The smallest absolute Gasteiger partial charge is 0.254 e. The normalized spacial score (nSPS) is 20.0. The third-order valence-electron chi connectivity index (χ3n) is 6.36. The number of para-hydroxylation sites is 1. The maximum Gasteiger partial charge on any atom is 0.254 e. The van der Waals surface area contributed by atoms with Crippen molar-refractivity contribution in [1.82, 2.24) is 10.2 Å². The number of nitrogens with one attached hydrogen (secondary N) is 1. The lowest BCUT2D eigenvalue weighted by molar-refractivity contribution is -0.125. The Morgan fingerprint density at radius 3 is 2.47 bits per heavy atom. The monoisotopic (exact) mass is 438 g/mol. The molecule has 2 fully saturated rings. The van der Waals surface area contributed by atoms with Gasteiger partial charge in [-0.25, -0.2) is 0 Å². The van der Waals surface area contributed by atoms with E-state index in [-0.39, 0.29) is 23.7 Å². The fourth-order valence-corrected chi connectivity index (χ4v) is 4.39. The van der Waals surface area contributed by atoms with Crippen LogP contribution in [-0.4, -0.2) is 57.7 Å². The van der Waals surface area contributed by atoms with Crippen molar-refractivity contribution < 1.29 is 23.8 Å². The molecule has 2 aliphatic rings. The van der Waals surface area contributed by atoms with E-state index in [1.807, 2.05) is 18.2 Å². The van der Waals surface area contributed by atoms with Crippen LogP contribution in [0, 0.1) is 11.8 Å². The molecular weight excluding hydrogens is 408 g/mol. The second-order valence-electron chi connectivity index (χ2n) is 8.43. The van der Waals surface area contributed by atoms with Gasteiger partial charge in [0.25, 0.3) is 5.91 Å². The van der Waals surface area contributed by atoms with E-state index in [0.717, 1.165) is 5.56 Å². The average molecular weight is 439 g/mol. The van der Waals surface area contributed by atoms with Crippen LogP contribution in [0.15, 0.2) is 42.5 Å². The number of carbonyl (C=O) groups is 2. The van der Waals surface area contributed by atoms with Gasteiger partial charge in [0, 0.05) is 36.7 Å². The lowest BCUT2D eigenvalue weighted by atomic mass is 9.87. The highest BCUT2D eigenvalue weighted by Gasteiger charge is 2.42. The predicted octanol–water partition coefficient (Wildman–Crippen LogP) is 3.09. The summed E-state index contributed by atoms with van der Waals surface area (Å²) in [6.07, 6.45) is 2.33. The zero-order valence-corrected chi connectivity index (χ0v) is 18.8. The van der Waals surface area contributed by atoms with Crippen LogP contribution in [0.2, 0.25) is 0 Å². The number of hydrogen-bond donors (Lipinski definition) is 1. The van der Waals surface area contributed by atoms with Crippen molar-refractivity contribution in [3.8, 4) is 17.2 Å². The Morgan fingerprint density at radius 1 is 1.00 bits per heavy atom. The van der Waals surface area contributed by atoms with E-state index in [1.165, 1.54) is 12.8 Å². The minimum absolute atomic E-state index is 0.0206. The van der Waals surface area contributed by atoms with E-state index < -0.39 is 0 Å². The largest absolute Gasteiger partial charge is 0.497 e. The van der Waals surface area contributed by atoms with E-state index in [1.54, 1.807) is 50.5 Å². The Morgan fingerprint density at radius 2 is 1.78 bits per heavy atom. The first-order chi connectivity index (χ1) is 15.5. The first kappa shape index (κ1) is 22.0. The Bertz CT molecular complexity index is 988. The highest BCUT2D eigenvalue weighted by molar-refractivity contribution is 5.95. The lowest BCUT2D eigenvalue weighted by Gasteiger charge is -2.21. The minimum atomic E-state index is -0.371. The summed E-state index contributed by atoms with van der Waals surface area (Å²) < 4.78 is 16.4. The summed E-state index contributed by atoms with van der Waals surface area (Å²) in [5.41, 5.74) is 1.42. The van der Waals surface area contributed by atoms with Crippen molar-refractivity contribution in [2.45, 2.75) is 18.8 Å². The van der Waals surface area contributed by atoms with Crippen molar-refractivity contribution >= 4 is 11.8 Å². The van der Waals surface area contributed by atoms with Gasteiger partial charge in [0.2, 0.25) is 5.91 Å². The SMILES string of the molecule is COc1cccc(C(=O)N2C[C@H](C(=O)NCC3CC3)[C@@H](c3cccc(OC)c3OC)C2)c1. The van der Waals surface area contributed by atoms with Crippen molar-refractivity contribution in [2.75, 3.05) is 41.0 Å². The molecule has 2 aromatic carbocycles. The molecule has 7 nitrogen and oxygen atoms in total. The maximum absolute atomic E-state index is 13.3. The molecule has 1 aliphatic heterocycles. The van der Waals surface area contributed by atoms with Crippen LogP contribution in [-0.2, 0) is 4.79 Å². The highest BCUT2D eigenvalue weighted by atomic mass is 16.5. The van der Waals surface area contributed by atoms with E-state index >= 15 is 0 Å². The summed E-state index contributed by atoms with van der Waals surface area (Å²) in [6.45, 7) is 1.46. The van der Waals surface area contributed by atoms with Crippen molar-refractivity contribution in [2.24, 2.45) is 11.8 Å². The molecule has 2 atom stereocenters. The Kier molecular flexibility index (Phi) is 6.53. The molecule has 1 N–H and O–H groups in total. The fourth-order valence-electron chi connectivity index (χ4n) is 4.39. The molecule has 4 rings (SSSR count). The summed E-state index contributed by atoms with van der Waals surface area (Å²) in [5, 5.41) is 3.10. The summed E-state index contributed by atoms with van der Waals surface area (Å²) in [6, 6.07) is 12.8. The quantitative estimate of drug-likeness (QED) is 0.685. The molecule has 0 bridgehead atoms. The molecule has 7 heteroatoms. The Labute approximate surface area is 188 Å². The van der Waals surface area contributed by atoms with Crippen LogP contribution in [0.3, 0.4) is 0 Å². The third kappa shape index (κ3) is 4.52. The van der Waals surface area contributed by atoms with Gasteiger partial charge in [-0.05, 0) is 43.0 Å². The molecule has 2 aromatic rings. The van der Waals surface area contributed by atoms with E-state index in [9.17, 15) is 9.59 Å². The lowest BCUT2D eigenvalue weighted by Crippen LogP contribution is -2.36. The molecule has 0 aromatic heterocycles. The first-order valence-electron chi connectivity index (χ1n) is 11.0. The van der Waals surface area contributed by atoms with Crippen LogP contribution in [0.1, 0.15) is 34.7 Å². The van der Waals surface area contributed by atoms with Gasteiger partial charge < -0.3 is 24.4 Å². The third-order valence-corrected chi connectivity index (χ3v) is 6.36. The second-order valence-corrected chi connectivity index (χ2v) is 8.43. The fraction of sp³-hybridized carbons (Fsp3) is 0.440. The maximum atomic E-state index is 13.3. The molecule has 1 aliphatic carbocycles. The van der Waals surface area contributed by atoms with Gasteiger partial charge in [-0.15, -0.1) is 0 Å². The average Bonchev–Trinajstić information content (AvgIpc) is 3.57. The topological polar surface area (TPSA) is 77.1 Å². The van der Waals surface area contributed by atoms with Crippen LogP contribution in [0.5, 0.6) is 17.2 Å². The van der Waals surface area contributed by atoms with Gasteiger partial charge in [0.05, 0.1) is 27.2 Å². The number of ether oxygens (including phenoxy) is 3. The number of hydrogen-bond acceptors (Lipinski definition) is 5. The molecule has 1 saturated carbocycles. The zero-order chi connectivity index (χ0) is 22.7. The van der Waals surface area contributed by atoms with Gasteiger partial charge in [-0.1, -0.05) is 18.2 Å². The van der Waals surface area contributed by atoms with Crippen LogP contribution in [0.25, 0.3) is 0 Å². The number of benzene rings is 2. The molecule has 0 unspecified atom stereocenters. The predicted molar refractivity (Wildman–Crippen MR) is 120 cm³/mol. The van der Waals surface area contributed by atoms with Crippen LogP contribution in [0.4, 0.5) is 0 Å². The molecular formula is C25H30N2O5. The summed E-state index contributed by atoms with van der Waals surface area (Å²) in [4.78, 5) is 28.2. The molecule has 170 valence electrons. The number of methoxy groups -OCH3 is 3. The standard InChI is InChI=1S/C25H30N2O5/c1-30-18-7-4-6-17(12-18)25(29)27-14-20(19-8-5-9-22(31-2)23(19)32-3)21(15-27)24(28)26-13-16-10-11-16/h4-9,12,16,20-21H,10-11,13-15H2,1-3H3,(H,26,28)/t20-,21+/m1/s1. The second kappa shape index (κ2) is 9.51. The Hall–Kier alpha value is -3.22. The number of amides is 2. The van der Waals surface area contributed by atoms with Crippen LogP contribution >= 0.6 is 0 Å². The van der Waals surface area contributed by atoms with E-state index in [0.29, 0.717) is 48.4 Å². The van der Waals surface area contributed by atoms with Gasteiger partial charge >= 0.3 is 0 Å². The highest BCUT2D eigenvalue weighted by Crippen LogP contribution is 2.42. The van der Waals surface area contributed by atoms with Crippen molar-refractivity contribution in [3.05, 3.63) is 53.6 Å². The molecule has 1 saturated heterocycles. The van der Waals surface area contributed by atoms with Gasteiger partial charge in [0.15, 0.2) is 11.5 Å². The molecule has 32 heavy (non-hydrogen) atoms. The van der Waals surface area contributed by atoms with Gasteiger partial charge in [0.1, 0.15) is 5.75 Å². The van der Waals surface area contributed by atoms with E-state index in [4.69, 9.17) is 14.2 Å². The summed E-state index contributed by atoms with van der Waals surface area (Å²) >= 11 is 0. The summed E-state index contributed by atoms with van der Waals surface area (Å²) in [5.74, 6) is 1.72.